The van der Waals surface area contributed by atoms with Crippen molar-refractivity contribution in [3.05, 3.63) is 48.5 Å². The lowest BCUT2D eigenvalue weighted by Crippen LogP contribution is -2.36. The van der Waals surface area contributed by atoms with Gasteiger partial charge in [0, 0.05) is 12.8 Å². The van der Waals surface area contributed by atoms with Crippen LogP contribution in [0.1, 0.15) is 19.8 Å². The SMILES string of the molecule is COc1ccc(OC[C@@H](C)NS(=O)(=O)c2ccc(N3C(=O)CCC3=O)cc2)cc1. The molecule has 1 aliphatic rings. The summed E-state index contributed by atoms with van der Waals surface area (Å²) in [7, 11) is -2.21. The fourth-order valence-electron chi connectivity index (χ4n) is 2.90. The van der Waals surface area contributed by atoms with Gasteiger partial charge in [-0.05, 0) is 55.5 Å². The fourth-order valence-corrected chi connectivity index (χ4v) is 4.13. The molecular formula is C20H22N2O6S. The van der Waals surface area contributed by atoms with Crippen molar-refractivity contribution in [3.63, 3.8) is 0 Å². The van der Waals surface area contributed by atoms with E-state index >= 15 is 0 Å². The molecule has 1 saturated heterocycles. The van der Waals surface area contributed by atoms with Gasteiger partial charge in [0.1, 0.15) is 18.1 Å². The quantitative estimate of drug-likeness (QED) is 0.659. The first-order valence-corrected chi connectivity index (χ1v) is 10.5. The summed E-state index contributed by atoms with van der Waals surface area (Å²) in [5.74, 6) is 0.731. The topological polar surface area (TPSA) is 102 Å². The Hall–Kier alpha value is -2.91. The van der Waals surface area contributed by atoms with E-state index in [1.807, 2.05) is 0 Å². The molecule has 0 spiro atoms. The molecule has 1 fully saturated rings. The third-order valence-corrected chi connectivity index (χ3v) is 5.98. The molecule has 8 nitrogen and oxygen atoms in total. The highest BCUT2D eigenvalue weighted by Gasteiger charge is 2.30. The fraction of sp³-hybridized carbons (Fsp3) is 0.300. The third-order valence-electron chi connectivity index (χ3n) is 4.37. The van der Waals surface area contributed by atoms with E-state index in [9.17, 15) is 18.0 Å². The van der Waals surface area contributed by atoms with Crippen LogP contribution >= 0.6 is 0 Å². The number of amides is 2. The van der Waals surface area contributed by atoms with E-state index in [1.54, 1.807) is 38.3 Å². The van der Waals surface area contributed by atoms with Gasteiger partial charge in [-0.2, -0.15) is 0 Å². The third kappa shape index (κ3) is 4.93. The molecule has 0 unspecified atom stereocenters. The lowest BCUT2D eigenvalue weighted by atomic mass is 10.3. The van der Waals surface area contributed by atoms with E-state index in [-0.39, 0.29) is 36.2 Å². The smallest absolute Gasteiger partial charge is 0.240 e. The molecule has 1 N–H and O–H groups in total. The summed E-state index contributed by atoms with van der Waals surface area (Å²) in [5, 5.41) is 0. The Labute approximate surface area is 169 Å². The Morgan fingerprint density at radius 3 is 2.07 bits per heavy atom. The Balaban J connectivity index is 1.60. The van der Waals surface area contributed by atoms with E-state index < -0.39 is 16.1 Å². The standard InChI is InChI=1S/C20H22N2O6S/c1-14(13-28-17-7-5-16(27-2)6-8-17)21-29(25,26)18-9-3-15(4-10-18)22-19(23)11-12-20(22)24/h3-10,14,21H,11-13H2,1-2H3/t14-/m1/s1. The second-order valence-corrected chi connectivity index (χ2v) is 8.34. The maximum Gasteiger partial charge on any atom is 0.240 e. The average molecular weight is 418 g/mol. The van der Waals surface area contributed by atoms with Crippen LogP contribution in [-0.2, 0) is 19.6 Å². The number of benzene rings is 2. The van der Waals surface area contributed by atoms with Gasteiger partial charge in [-0.3, -0.25) is 14.5 Å². The number of imide groups is 1. The molecule has 2 aromatic carbocycles. The summed E-state index contributed by atoms with van der Waals surface area (Å²) in [4.78, 5) is 24.7. The van der Waals surface area contributed by atoms with Crippen LogP contribution in [0.3, 0.4) is 0 Å². The number of sulfonamides is 1. The molecule has 1 aliphatic heterocycles. The molecule has 0 saturated carbocycles. The number of carbonyl (C=O) groups is 2. The average Bonchev–Trinajstić information content (AvgIpc) is 3.04. The zero-order chi connectivity index (χ0) is 21.0. The van der Waals surface area contributed by atoms with Crippen LogP contribution in [0.2, 0.25) is 0 Å². The molecule has 9 heteroatoms. The summed E-state index contributed by atoms with van der Waals surface area (Å²) in [6.45, 7) is 1.83. The van der Waals surface area contributed by atoms with E-state index in [4.69, 9.17) is 9.47 Å². The number of nitrogens with zero attached hydrogens (tertiary/aromatic N) is 1. The predicted molar refractivity (Wildman–Crippen MR) is 106 cm³/mol. The molecule has 2 aromatic rings. The zero-order valence-electron chi connectivity index (χ0n) is 16.1. The molecule has 0 aliphatic carbocycles. The van der Waals surface area contributed by atoms with E-state index in [0.717, 1.165) is 4.90 Å². The maximum absolute atomic E-state index is 12.6. The van der Waals surface area contributed by atoms with Crippen molar-refractivity contribution in [2.24, 2.45) is 0 Å². The first kappa shape index (κ1) is 20.8. The number of nitrogens with one attached hydrogen (secondary N) is 1. The lowest BCUT2D eigenvalue weighted by Gasteiger charge is -2.17. The predicted octanol–water partition coefficient (Wildman–Crippen LogP) is 2.09. The van der Waals surface area contributed by atoms with Crippen LogP contribution in [0.4, 0.5) is 5.69 Å². The lowest BCUT2D eigenvalue weighted by molar-refractivity contribution is -0.121. The van der Waals surface area contributed by atoms with Gasteiger partial charge in [0.15, 0.2) is 0 Å². The van der Waals surface area contributed by atoms with Gasteiger partial charge in [-0.1, -0.05) is 0 Å². The van der Waals surface area contributed by atoms with Gasteiger partial charge in [-0.25, -0.2) is 13.1 Å². The molecule has 154 valence electrons. The number of carbonyl (C=O) groups excluding carboxylic acids is 2. The van der Waals surface area contributed by atoms with Crippen molar-refractivity contribution < 1.29 is 27.5 Å². The van der Waals surface area contributed by atoms with Crippen LogP contribution in [0.5, 0.6) is 11.5 Å². The minimum absolute atomic E-state index is 0.0386. The van der Waals surface area contributed by atoms with Gasteiger partial charge in [0.05, 0.1) is 23.7 Å². The van der Waals surface area contributed by atoms with Gasteiger partial charge in [0.2, 0.25) is 21.8 Å². The van der Waals surface area contributed by atoms with Crippen LogP contribution in [0.15, 0.2) is 53.4 Å². The van der Waals surface area contributed by atoms with Crippen LogP contribution in [-0.4, -0.2) is 40.0 Å². The number of anilines is 1. The molecular weight excluding hydrogens is 396 g/mol. The summed E-state index contributed by atoms with van der Waals surface area (Å²) in [5.41, 5.74) is 0.368. The minimum Gasteiger partial charge on any atom is -0.497 e. The number of rotatable bonds is 8. The van der Waals surface area contributed by atoms with Crippen molar-refractivity contribution in [3.8, 4) is 11.5 Å². The molecule has 1 heterocycles. The summed E-state index contributed by atoms with van der Waals surface area (Å²) in [6, 6.07) is 12.1. The molecule has 0 aromatic heterocycles. The summed E-state index contributed by atoms with van der Waals surface area (Å²) >= 11 is 0. The van der Waals surface area contributed by atoms with Gasteiger partial charge in [-0.15, -0.1) is 0 Å². The Morgan fingerprint density at radius 2 is 1.52 bits per heavy atom. The molecule has 0 bridgehead atoms. The number of methoxy groups -OCH3 is 1. The highest BCUT2D eigenvalue weighted by Crippen LogP contribution is 2.24. The van der Waals surface area contributed by atoms with Gasteiger partial charge in [0.25, 0.3) is 0 Å². The normalized spacial score (nSPS) is 15.4. The highest BCUT2D eigenvalue weighted by atomic mass is 32.2. The number of hydrogen-bond acceptors (Lipinski definition) is 6. The number of ether oxygens (including phenoxy) is 2. The highest BCUT2D eigenvalue weighted by molar-refractivity contribution is 7.89. The van der Waals surface area contributed by atoms with E-state index in [2.05, 4.69) is 4.72 Å². The zero-order valence-corrected chi connectivity index (χ0v) is 16.9. The minimum atomic E-state index is -3.78. The summed E-state index contributed by atoms with van der Waals surface area (Å²) < 4.78 is 38.4. The van der Waals surface area contributed by atoms with Crippen LogP contribution < -0.4 is 19.1 Å². The van der Waals surface area contributed by atoms with Crippen molar-refractivity contribution in [2.75, 3.05) is 18.6 Å². The van der Waals surface area contributed by atoms with Crippen LogP contribution in [0, 0.1) is 0 Å². The molecule has 0 radical (unpaired) electrons. The second-order valence-electron chi connectivity index (χ2n) is 6.63. The Morgan fingerprint density at radius 1 is 0.966 bits per heavy atom. The largest absolute Gasteiger partial charge is 0.497 e. The molecule has 1 atom stereocenters. The van der Waals surface area contributed by atoms with E-state index in [1.165, 1.54) is 24.3 Å². The maximum atomic E-state index is 12.6. The van der Waals surface area contributed by atoms with Crippen molar-refractivity contribution >= 4 is 27.5 Å². The van der Waals surface area contributed by atoms with Crippen molar-refractivity contribution in [1.82, 2.24) is 4.72 Å². The Kier molecular flexibility index (Phi) is 6.19. The monoisotopic (exact) mass is 418 g/mol. The van der Waals surface area contributed by atoms with E-state index in [0.29, 0.717) is 17.2 Å². The molecule has 29 heavy (non-hydrogen) atoms. The van der Waals surface area contributed by atoms with Crippen molar-refractivity contribution in [1.29, 1.82) is 0 Å². The van der Waals surface area contributed by atoms with Gasteiger partial charge < -0.3 is 9.47 Å². The number of hydrogen-bond donors (Lipinski definition) is 1. The second kappa shape index (κ2) is 8.62. The first-order chi connectivity index (χ1) is 13.8. The van der Waals surface area contributed by atoms with Crippen LogP contribution in [0.25, 0.3) is 0 Å². The first-order valence-electron chi connectivity index (χ1n) is 9.05. The molecule has 2 amide bonds. The summed E-state index contributed by atoms with van der Waals surface area (Å²) in [6.07, 6.45) is 0.346. The molecule has 3 rings (SSSR count). The van der Waals surface area contributed by atoms with Crippen molar-refractivity contribution in [2.45, 2.75) is 30.7 Å². The Bertz CT molecular complexity index is 971. The van der Waals surface area contributed by atoms with Gasteiger partial charge >= 0.3 is 0 Å².